The number of benzene rings is 2. The van der Waals surface area contributed by atoms with Crippen molar-refractivity contribution in [2.24, 2.45) is 0 Å². The zero-order valence-electron chi connectivity index (χ0n) is 23.7. The van der Waals surface area contributed by atoms with Crippen molar-refractivity contribution in [2.45, 2.75) is 31.7 Å². The third kappa shape index (κ3) is 5.68. The summed E-state index contributed by atoms with van der Waals surface area (Å²) in [5.41, 5.74) is 3.27. The van der Waals surface area contributed by atoms with Crippen LogP contribution in [0.25, 0.3) is 22.2 Å². The van der Waals surface area contributed by atoms with Gasteiger partial charge in [-0.1, -0.05) is 11.3 Å². The Morgan fingerprint density at radius 2 is 1.88 bits per heavy atom. The van der Waals surface area contributed by atoms with Crippen molar-refractivity contribution in [1.29, 1.82) is 5.26 Å². The van der Waals surface area contributed by atoms with Gasteiger partial charge in [0.15, 0.2) is 10.9 Å². The molecule has 0 amide bonds. The molecule has 1 atom stereocenters. The second-order valence-electron chi connectivity index (χ2n) is 10.9. The number of fused-ring (bicyclic) bond motifs is 1. The number of aliphatic hydroxyl groups is 1. The molecular weight excluding hydrogens is 594 g/mol. The molecule has 0 bridgehead atoms. The summed E-state index contributed by atoms with van der Waals surface area (Å²) in [6, 6.07) is 12.7. The van der Waals surface area contributed by atoms with Crippen molar-refractivity contribution in [1.82, 2.24) is 14.3 Å². The molecule has 2 aliphatic rings. The molecule has 2 aromatic carbocycles. The molecule has 0 unspecified atom stereocenters. The van der Waals surface area contributed by atoms with Crippen LogP contribution in [-0.4, -0.2) is 72.9 Å². The number of hydrogen-bond donors (Lipinski definition) is 1. The molecule has 224 valence electrons. The number of rotatable bonds is 8. The number of anilines is 3. The average Bonchev–Trinajstić information content (AvgIpc) is 3.76. The maximum absolute atomic E-state index is 15.9. The number of halogens is 2. The highest BCUT2D eigenvalue weighted by molar-refractivity contribution is 7.88. The lowest BCUT2D eigenvalue weighted by Gasteiger charge is -2.41. The number of aromatic nitrogens is 2. The van der Waals surface area contributed by atoms with Crippen LogP contribution in [0.3, 0.4) is 0 Å². The molecule has 13 heteroatoms. The van der Waals surface area contributed by atoms with Crippen LogP contribution < -0.4 is 9.80 Å². The fraction of sp³-hybridized carbons (Fsp3) is 0.367. The van der Waals surface area contributed by atoms with E-state index in [1.807, 2.05) is 28.9 Å². The number of hydrogen-bond acceptors (Lipinski definition) is 9. The molecule has 1 saturated carbocycles. The first-order valence-corrected chi connectivity index (χ1v) is 16.7. The van der Waals surface area contributed by atoms with Gasteiger partial charge in [0, 0.05) is 54.4 Å². The van der Waals surface area contributed by atoms with E-state index in [2.05, 4.69) is 6.07 Å². The van der Waals surface area contributed by atoms with Crippen LogP contribution in [0.15, 0.2) is 42.5 Å². The average molecular weight is 625 g/mol. The van der Waals surface area contributed by atoms with E-state index in [0.29, 0.717) is 44.6 Å². The third-order valence-corrected chi connectivity index (χ3v) is 10.2. The minimum atomic E-state index is -3.44. The summed E-state index contributed by atoms with van der Waals surface area (Å²) in [5, 5.41) is 21.1. The molecule has 0 spiro atoms. The Kier molecular flexibility index (Phi) is 7.80. The normalized spacial score (nSPS) is 17.8. The van der Waals surface area contributed by atoms with Gasteiger partial charge in [0.2, 0.25) is 10.0 Å². The first-order valence-electron chi connectivity index (χ1n) is 14.0. The molecule has 1 N–H and O–H groups in total. The number of nitriles is 1. The van der Waals surface area contributed by atoms with Gasteiger partial charge in [-0.15, -0.1) is 0 Å². The summed E-state index contributed by atoms with van der Waals surface area (Å²) >= 11 is 1.21. The van der Waals surface area contributed by atoms with Crippen molar-refractivity contribution in [3.05, 3.63) is 64.7 Å². The zero-order chi connectivity index (χ0) is 30.5. The number of piperazine rings is 1. The van der Waals surface area contributed by atoms with E-state index in [4.69, 9.17) is 9.97 Å². The van der Waals surface area contributed by atoms with Crippen molar-refractivity contribution in [2.75, 3.05) is 48.8 Å². The molecule has 0 radical (unpaired) electrons. The SMILES string of the molecule is CCN(c1nc(-c2ccc(F)cc2)c(C#N)s1)c1cc(C2CC2)nc2c(F)cc(N3CCN(S(C)(=O)=O)C[C@H]3CO)cc12. The van der Waals surface area contributed by atoms with E-state index in [1.165, 1.54) is 33.8 Å². The second kappa shape index (κ2) is 11.4. The van der Waals surface area contributed by atoms with Gasteiger partial charge in [0.05, 0.1) is 24.6 Å². The fourth-order valence-electron chi connectivity index (χ4n) is 5.59. The number of pyridine rings is 1. The Hall–Kier alpha value is -3.70. The Morgan fingerprint density at radius 1 is 1.14 bits per heavy atom. The van der Waals surface area contributed by atoms with E-state index in [-0.39, 0.29) is 43.5 Å². The summed E-state index contributed by atoms with van der Waals surface area (Å²) < 4.78 is 55.2. The Bertz CT molecular complexity index is 1840. The predicted octanol–water partition coefficient (Wildman–Crippen LogP) is 4.99. The molecule has 1 aliphatic heterocycles. The van der Waals surface area contributed by atoms with Crippen LogP contribution in [0, 0.1) is 23.0 Å². The van der Waals surface area contributed by atoms with E-state index < -0.39 is 21.9 Å². The van der Waals surface area contributed by atoms with Gasteiger partial charge >= 0.3 is 0 Å². The third-order valence-electron chi connectivity index (χ3n) is 7.98. The van der Waals surface area contributed by atoms with Gasteiger partial charge in [0.25, 0.3) is 0 Å². The molecule has 4 aromatic rings. The number of sulfonamides is 1. The molecule has 3 heterocycles. The van der Waals surface area contributed by atoms with E-state index in [0.717, 1.165) is 24.8 Å². The second-order valence-corrected chi connectivity index (χ2v) is 13.8. The van der Waals surface area contributed by atoms with Crippen LogP contribution in [0.5, 0.6) is 0 Å². The van der Waals surface area contributed by atoms with Crippen LogP contribution in [-0.2, 0) is 10.0 Å². The highest BCUT2D eigenvalue weighted by Crippen LogP contribution is 2.45. The first-order chi connectivity index (χ1) is 20.6. The van der Waals surface area contributed by atoms with Crippen molar-refractivity contribution in [3.8, 4) is 17.3 Å². The van der Waals surface area contributed by atoms with Gasteiger partial charge < -0.3 is 14.9 Å². The number of nitrogens with zero attached hydrogens (tertiary/aromatic N) is 6. The summed E-state index contributed by atoms with van der Waals surface area (Å²) in [7, 11) is -3.44. The maximum Gasteiger partial charge on any atom is 0.211 e. The number of aliphatic hydroxyl groups excluding tert-OH is 1. The largest absolute Gasteiger partial charge is 0.394 e. The van der Waals surface area contributed by atoms with Crippen LogP contribution >= 0.6 is 11.3 Å². The number of thiazole rings is 1. The van der Waals surface area contributed by atoms with Crippen LogP contribution in [0.1, 0.15) is 36.3 Å². The van der Waals surface area contributed by atoms with Crippen LogP contribution in [0.2, 0.25) is 0 Å². The molecule has 1 aliphatic carbocycles. The van der Waals surface area contributed by atoms with Gasteiger partial charge in [0.1, 0.15) is 28.0 Å². The molecule has 2 fully saturated rings. The molecule has 43 heavy (non-hydrogen) atoms. The summed E-state index contributed by atoms with van der Waals surface area (Å²) in [6.07, 6.45) is 3.08. The lowest BCUT2D eigenvalue weighted by atomic mass is 10.1. The predicted molar refractivity (Wildman–Crippen MR) is 163 cm³/mol. The first kappa shape index (κ1) is 29.4. The van der Waals surface area contributed by atoms with E-state index >= 15 is 4.39 Å². The van der Waals surface area contributed by atoms with Gasteiger partial charge in [-0.2, -0.15) is 9.57 Å². The van der Waals surface area contributed by atoms with Crippen LogP contribution in [0.4, 0.5) is 25.3 Å². The van der Waals surface area contributed by atoms with Crippen molar-refractivity contribution >= 4 is 48.8 Å². The lowest BCUT2D eigenvalue weighted by molar-refractivity contribution is 0.218. The zero-order valence-corrected chi connectivity index (χ0v) is 25.3. The quantitative estimate of drug-likeness (QED) is 0.292. The summed E-state index contributed by atoms with van der Waals surface area (Å²) in [5.74, 6) is -0.661. The van der Waals surface area contributed by atoms with E-state index in [1.54, 1.807) is 12.1 Å². The Morgan fingerprint density at radius 3 is 2.51 bits per heavy atom. The molecular formula is C30H30F2N6O3S2. The molecule has 6 rings (SSSR count). The van der Waals surface area contributed by atoms with Crippen molar-refractivity contribution < 1.29 is 22.3 Å². The monoisotopic (exact) mass is 624 g/mol. The highest BCUT2D eigenvalue weighted by Gasteiger charge is 2.33. The molecule has 9 nitrogen and oxygen atoms in total. The smallest absolute Gasteiger partial charge is 0.211 e. The Balaban J connectivity index is 1.47. The van der Waals surface area contributed by atoms with Gasteiger partial charge in [-0.05, 0) is 62.2 Å². The minimum Gasteiger partial charge on any atom is -0.394 e. The van der Waals surface area contributed by atoms with Crippen molar-refractivity contribution in [3.63, 3.8) is 0 Å². The lowest BCUT2D eigenvalue weighted by Crippen LogP contribution is -2.56. The molecule has 2 aromatic heterocycles. The molecule has 1 saturated heterocycles. The van der Waals surface area contributed by atoms with Gasteiger partial charge in [-0.25, -0.2) is 27.2 Å². The minimum absolute atomic E-state index is 0.0873. The topological polar surface area (TPSA) is 114 Å². The Labute approximate surface area is 252 Å². The highest BCUT2D eigenvalue weighted by atomic mass is 32.2. The standard InChI is InChI=1S/C30H30F2N6O3S2/c1-3-37(30-35-28(27(15-33)42-30)19-6-8-20(31)9-7-19)26-14-25(18-4-5-18)34-29-23(26)12-21(13-24(29)32)38-11-10-36(43(2,40)41)16-22(38)17-39/h6-9,12-14,18,22,39H,3-5,10-11,16-17H2,1-2H3/t22-/m0/s1. The van der Waals surface area contributed by atoms with Gasteiger partial charge in [-0.3, -0.25) is 0 Å². The fourth-order valence-corrected chi connectivity index (χ4v) is 7.41. The van der Waals surface area contributed by atoms with E-state index in [9.17, 15) is 23.2 Å². The maximum atomic E-state index is 15.9. The summed E-state index contributed by atoms with van der Waals surface area (Å²) in [4.78, 5) is 13.7. The summed E-state index contributed by atoms with van der Waals surface area (Å²) in [6.45, 7) is 2.68.